The second-order valence-electron chi connectivity index (χ2n) is 2.81. The molecule has 1 saturated carbocycles. The average molecular weight is 369 g/mol. The molecule has 2 aliphatic rings. The minimum Gasteiger partial charge on any atom is -1.00 e. The number of halogens is 2. The van der Waals surface area contributed by atoms with Crippen molar-refractivity contribution in [2.75, 3.05) is 0 Å². The normalized spacial score (nSPS) is 23.3. The molecular weight excluding hydrogens is 357 g/mol. The van der Waals surface area contributed by atoms with Gasteiger partial charge in [0.25, 0.3) is 0 Å². The van der Waals surface area contributed by atoms with Crippen molar-refractivity contribution in [3.8, 4) is 0 Å². The van der Waals surface area contributed by atoms with Crippen molar-refractivity contribution in [1.82, 2.24) is 0 Å². The molecule has 0 nitrogen and oxygen atoms in total. The Bertz CT molecular complexity index is 175. The molecule has 12 heavy (non-hydrogen) atoms. The third-order valence-electron chi connectivity index (χ3n) is 2.21. The van der Waals surface area contributed by atoms with E-state index in [1.54, 1.807) is 5.57 Å². The third kappa shape index (κ3) is 3.27. The van der Waals surface area contributed by atoms with Crippen LogP contribution in [0.15, 0.2) is 23.8 Å². The summed E-state index contributed by atoms with van der Waals surface area (Å²) in [6, 6.07) is 0. The van der Waals surface area contributed by atoms with Crippen LogP contribution in [0.3, 0.4) is 0 Å². The van der Waals surface area contributed by atoms with Gasteiger partial charge in [0.1, 0.15) is 0 Å². The van der Waals surface area contributed by atoms with Crippen molar-refractivity contribution >= 4 is 0 Å². The van der Waals surface area contributed by atoms with Gasteiger partial charge >= 0.3 is 0 Å². The monoisotopic (exact) mass is 369 g/mol. The minimum absolute atomic E-state index is 0. The zero-order valence-corrected chi connectivity index (χ0v) is 11.9. The quantitative estimate of drug-likeness (QED) is 0.307. The van der Waals surface area contributed by atoms with Crippen LogP contribution in [-0.2, 0) is 25.8 Å². The summed E-state index contributed by atoms with van der Waals surface area (Å²) in [6.45, 7) is 0. The summed E-state index contributed by atoms with van der Waals surface area (Å²) in [5, 5.41) is 0. The zero-order valence-electron chi connectivity index (χ0n) is 6.76. The Labute approximate surface area is 105 Å². The molecule has 0 saturated heterocycles. The van der Waals surface area contributed by atoms with Crippen molar-refractivity contribution in [2.45, 2.75) is 19.3 Å². The van der Waals surface area contributed by atoms with Crippen molar-refractivity contribution in [3.63, 3.8) is 0 Å². The van der Waals surface area contributed by atoms with E-state index in [1.165, 1.54) is 19.3 Å². The van der Waals surface area contributed by atoms with Gasteiger partial charge in [0.15, 0.2) is 0 Å². The van der Waals surface area contributed by atoms with Crippen LogP contribution in [0.5, 0.6) is 0 Å². The molecule has 0 amide bonds. The first-order chi connectivity index (χ1) is 4.47. The first kappa shape index (κ1) is 15.3. The molecule has 68 valence electrons. The van der Waals surface area contributed by atoms with Crippen LogP contribution in [0.4, 0.5) is 0 Å². The van der Waals surface area contributed by atoms with E-state index in [0.717, 1.165) is 5.92 Å². The van der Waals surface area contributed by atoms with Crippen molar-refractivity contribution in [1.29, 1.82) is 0 Å². The molecule has 0 radical (unpaired) electrons. The minimum atomic E-state index is 0. The summed E-state index contributed by atoms with van der Waals surface area (Å²) >= 11 is 0. The van der Waals surface area contributed by atoms with Crippen LogP contribution in [0.2, 0.25) is 0 Å². The number of allylic oxidation sites excluding steroid dienone is 4. The Morgan fingerprint density at radius 3 is 2.75 bits per heavy atom. The summed E-state index contributed by atoms with van der Waals surface area (Å²) in [5.41, 5.74) is 1.58. The molecule has 1 atom stereocenters. The molecule has 2 aliphatic carbocycles. The molecule has 0 heterocycles. The van der Waals surface area contributed by atoms with Gasteiger partial charge in [-0.2, -0.15) is 0 Å². The summed E-state index contributed by atoms with van der Waals surface area (Å²) in [7, 11) is 0. The Kier molecular flexibility index (Phi) is 9.20. The first-order valence-corrected chi connectivity index (χ1v) is 3.67. The second kappa shape index (κ2) is 7.23. The van der Waals surface area contributed by atoms with Crippen molar-refractivity contribution in [2.24, 2.45) is 5.92 Å². The summed E-state index contributed by atoms with van der Waals surface area (Å²) in [5.74, 6) is 0.884. The van der Waals surface area contributed by atoms with E-state index in [0.29, 0.717) is 0 Å². The first-order valence-electron chi connectivity index (χ1n) is 3.67. The van der Waals surface area contributed by atoms with Gasteiger partial charge in [-0.3, -0.25) is 0 Å². The predicted octanol–water partition coefficient (Wildman–Crippen LogP) is -3.51. The summed E-state index contributed by atoms with van der Waals surface area (Å²) in [6.07, 6.45) is 13.0. The van der Waals surface area contributed by atoms with Crippen LogP contribution in [0, 0.1) is 12.3 Å². The fourth-order valence-corrected chi connectivity index (χ4v) is 1.66. The average Bonchev–Trinajstić information content (AvgIpc) is 2.33. The van der Waals surface area contributed by atoms with Crippen LogP contribution in [0.25, 0.3) is 0 Å². The van der Waals surface area contributed by atoms with Gasteiger partial charge in [0.2, 0.25) is 0 Å². The van der Waals surface area contributed by atoms with E-state index in [9.17, 15) is 0 Å². The molecule has 0 aromatic heterocycles. The van der Waals surface area contributed by atoms with Gasteiger partial charge in [0.05, 0.1) is 0 Å². The van der Waals surface area contributed by atoms with E-state index in [2.05, 4.69) is 24.6 Å². The zero-order chi connectivity index (χ0) is 6.10. The second-order valence-corrected chi connectivity index (χ2v) is 2.81. The Hall–Kier alpha value is 0.800. The van der Waals surface area contributed by atoms with Crippen LogP contribution >= 0.6 is 0 Å². The molecule has 1 fully saturated rings. The molecule has 0 aliphatic heterocycles. The largest absolute Gasteiger partial charge is 1.00 e. The maximum atomic E-state index is 2.37. The Morgan fingerprint density at radius 1 is 1.33 bits per heavy atom. The predicted molar refractivity (Wildman–Crippen MR) is 38.9 cm³/mol. The van der Waals surface area contributed by atoms with E-state index in [1.807, 2.05) is 0 Å². The molecule has 3 heteroatoms. The molecule has 0 spiro atoms. The van der Waals surface area contributed by atoms with Crippen LogP contribution in [0.1, 0.15) is 19.3 Å². The number of rotatable bonds is 0. The van der Waals surface area contributed by atoms with Crippen LogP contribution in [-0.4, -0.2) is 0 Å². The molecule has 2 rings (SSSR count). The van der Waals surface area contributed by atoms with E-state index >= 15 is 0 Å². The van der Waals surface area contributed by atoms with Crippen LogP contribution < -0.4 is 24.8 Å². The van der Waals surface area contributed by atoms with Gasteiger partial charge in [-0.1, -0.05) is 6.42 Å². The molecular formula is C9H11Cl2Hf-3. The number of hydrogen-bond acceptors (Lipinski definition) is 0. The third-order valence-corrected chi connectivity index (χ3v) is 2.21. The van der Waals surface area contributed by atoms with Gasteiger partial charge in [-0.15, -0.1) is 18.6 Å². The Morgan fingerprint density at radius 2 is 2.08 bits per heavy atom. The number of fused-ring (bicyclic) bond motifs is 1. The summed E-state index contributed by atoms with van der Waals surface area (Å²) in [4.78, 5) is 0. The Balaban J connectivity index is 0. The number of hydrogen-bond donors (Lipinski definition) is 0. The topological polar surface area (TPSA) is 0 Å². The maximum Gasteiger partial charge on any atom is 0 e. The molecule has 1 unspecified atom stereocenters. The fourth-order valence-electron chi connectivity index (χ4n) is 1.66. The van der Waals surface area contributed by atoms with E-state index < -0.39 is 0 Å². The molecule has 0 bridgehead atoms. The van der Waals surface area contributed by atoms with Crippen molar-refractivity contribution in [3.05, 3.63) is 30.2 Å². The SMILES string of the molecule is C1=CCC2CC[CH-]C2=C1.[Cl-].[Cl-].[Hf]. The van der Waals surface area contributed by atoms with Crippen molar-refractivity contribution < 1.29 is 50.7 Å². The van der Waals surface area contributed by atoms with Gasteiger partial charge in [-0.05, 0) is 12.3 Å². The molecule has 0 aromatic rings. The fraction of sp³-hybridized carbons (Fsp3) is 0.444. The van der Waals surface area contributed by atoms with Gasteiger partial charge in [-0.25, -0.2) is 18.1 Å². The smallest absolute Gasteiger partial charge is 0 e. The van der Waals surface area contributed by atoms with E-state index in [-0.39, 0.29) is 50.7 Å². The molecule has 0 aromatic carbocycles. The summed E-state index contributed by atoms with van der Waals surface area (Å²) < 4.78 is 0. The standard InChI is InChI=1S/C9H11.2ClH.Hf/c1-2-5-9-7-3-6-8(9)4-1;;;/h1-2,4,6,9H,3,5,7H2;2*1H;/q-1;;;/p-2. The van der Waals surface area contributed by atoms with Gasteiger partial charge < -0.3 is 24.8 Å². The maximum absolute atomic E-state index is 2.37. The molecule has 0 N–H and O–H groups in total. The van der Waals surface area contributed by atoms with Gasteiger partial charge in [0, 0.05) is 25.8 Å². The van der Waals surface area contributed by atoms with E-state index in [4.69, 9.17) is 0 Å².